The smallest absolute Gasteiger partial charge is 0.285 e. The zero-order valence-corrected chi connectivity index (χ0v) is 15.6. The van der Waals surface area contributed by atoms with Gasteiger partial charge in [-0.1, -0.05) is 29.0 Å². The van der Waals surface area contributed by atoms with Crippen LogP contribution in [0.5, 0.6) is 0 Å². The van der Waals surface area contributed by atoms with E-state index in [0.29, 0.717) is 23.0 Å². The average Bonchev–Trinajstić information content (AvgIpc) is 2.94. The van der Waals surface area contributed by atoms with Gasteiger partial charge >= 0.3 is 0 Å². The molecule has 0 aliphatic heterocycles. The predicted molar refractivity (Wildman–Crippen MR) is 97.7 cm³/mol. The Morgan fingerprint density at radius 1 is 1.27 bits per heavy atom. The van der Waals surface area contributed by atoms with Crippen LogP contribution < -0.4 is 4.80 Å². The molecule has 4 nitrogen and oxygen atoms in total. The van der Waals surface area contributed by atoms with Crippen LogP contribution in [0.15, 0.2) is 35.3 Å². The van der Waals surface area contributed by atoms with E-state index >= 15 is 0 Å². The zero-order chi connectivity index (χ0) is 18.8. The van der Waals surface area contributed by atoms with E-state index in [-0.39, 0.29) is 0 Å². The second-order valence-corrected chi connectivity index (χ2v) is 6.98. The third kappa shape index (κ3) is 3.42. The highest BCUT2D eigenvalue weighted by Gasteiger charge is 2.18. The molecule has 2 aromatic carbocycles. The highest BCUT2D eigenvalue weighted by Crippen LogP contribution is 2.27. The van der Waals surface area contributed by atoms with Crippen molar-refractivity contribution in [1.29, 1.82) is 0 Å². The summed E-state index contributed by atoms with van der Waals surface area (Å²) in [5, 5.41) is 0.583. The van der Waals surface area contributed by atoms with Gasteiger partial charge in [-0.3, -0.25) is 4.79 Å². The first-order valence-electron chi connectivity index (χ1n) is 7.74. The van der Waals surface area contributed by atoms with Crippen molar-refractivity contribution in [1.82, 2.24) is 4.57 Å². The van der Waals surface area contributed by atoms with Gasteiger partial charge in [0.25, 0.3) is 5.91 Å². The van der Waals surface area contributed by atoms with Gasteiger partial charge in [-0.05, 0) is 36.8 Å². The molecule has 0 saturated carbocycles. The maximum atomic E-state index is 13.9. The van der Waals surface area contributed by atoms with Gasteiger partial charge in [0.2, 0.25) is 0 Å². The number of carbonyl (C=O) groups is 1. The Bertz CT molecular complexity index is 1040. The number of aryl methyl sites for hydroxylation is 1. The number of thiazole rings is 1. The van der Waals surface area contributed by atoms with Crippen molar-refractivity contribution < 1.29 is 18.3 Å². The number of benzene rings is 2. The van der Waals surface area contributed by atoms with E-state index in [2.05, 4.69) is 4.99 Å². The molecule has 0 radical (unpaired) electrons. The summed E-state index contributed by atoms with van der Waals surface area (Å²) in [6.07, 6.45) is 0. The SMILES string of the molecule is COCCn1c(=NC(=O)c2c(F)cccc2F)sc2ccc(Cl)c(C)c21. The lowest BCUT2D eigenvalue weighted by atomic mass is 10.2. The third-order valence-electron chi connectivity index (χ3n) is 3.92. The number of hydrogen-bond donors (Lipinski definition) is 0. The minimum Gasteiger partial charge on any atom is -0.383 e. The first kappa shape index (κ1) is 18.7. The molecule has 1 aromatic heterocycles. The molecule has 1 amide bonds. The second kappa shape index (κ2) is 7.65. The quantitative estimate of drug-likeness (QED) is 0.658. The minimum atomic E-state index is -0.970. The number of nitrogens with zero attached hydrogens (tertiary/aromatic N) is 2. The molecule has 0 N–H and O–H groups in total. The number of rotatable bonds is 4. The summed E-state index contributed by atoms with van der Waals surface area (Å²) in [6, 6.07) is 6.84. The van der Waals surface area contributed by atoms with E-state index in [1.54, 1.807) is 17.7 Å². The maximum absolute atomic E-state index is 13.9. The van der Waals surface area contributed by atoms with Crippen LogP contribution in [0.3, 0.4) is 0 Å². The topological polar surface area (TPSA) is 43.6 Å². The van der Waals surface area contributed by atoms with Gasteiger partial charge in [-0.15, -0.1) is 0 Å². The van der Waals surface area contributed by atoms with Crippen molar-refractivity contribution in [3.05, 3.63) is 62.9 Å². The Kier molecular flexibility index (Phi) is 5.50. The predicted octanol–water partition coefficient (Wildman–Crippen LogP) is 4.33. The van der Waals surface area contributed by atoms with Gasteiger partial charge in [0.1, 0.15) is 17.2 Å². The van der Waals surface area contributed by atoms with Crippen LogP contribution in [0.2, 0.25) is 5.02 Å². The average molecular weight is 397 g/mol. The molecule has 1 heterocycles. The molecular formula is C18H15ClF2N2O2S. The van der Waals surface area contributed by atoms with E-state index in [1.165, 1.54) is 17.4 Å². The standard InChI is InChI=1S/C18H15ClF2N2O2S/c1-10-11(19)6-7-14-16(10)23(8-9-25-2)18(26-14)22-17(24)15-12(20)4-3-5-13(15)21/h3-7H,8-9H2,1-2H3. The Hall–Kier alpha value is -2.09. The first-order chi connectivity index (χ1) is 12.4. The highest BCUT2D eigenvalue weighted by molar-refractivity contribution is 7.16. The van der Waals surface area contributed by atoms with E-state index in [0.717, 1.165) is 27.9 Å². The molecule has 0 atom stereocenters. The molecule has 3 rings (SSSR count). The number of aromatic nitrogens is 1. The lowest BCUT2D eigenvalue weighted by Crippen LogP contribution is -2.20. The van der Waals surface area contributed by atoms with Crippen molar-refractivity contribution in [3.8, 4) is 0 Å². The van der Waals surface area contributed by atoms with E-state index in [4.69, 9.17) is 16.3 Å². The van der Waals surface area contributed by atoms with Crippen LogP contribution >= 0.6 is 22.9 Å². The van der Waals surface area contributed by atoms with Crippen molar-refractivity contribution >= 4 is 39.1 Å². The molecule has 26 heavy (non-hydrogen) atoms. The van der Waals surface area contributed by atoms with Crippen molar-refractivity contribution in [3.63, 3.8) is 0 Å². The first-order valence-corrected chi connectivity index (χ1v) is 8.94. The van der Waals surface area contributed by atoms with Crippen molar-refractivity contribution in [2.24, 2.45) is 4.99 Å². The lowest BCUT2D eigenvalue weighted by molar-refractivity contribution is 0.0989. The second-order valence-electron chi connectivity index (χ2n) is 5.56. The van der Waals surface area contributed by atoms with Crippen LogP contribution in [0.1, 0.15) is 15.9 Å². The summed E-state index contributed by atoms with van der Waals surface area (Å²) in [4.78, 5) is 16.7. The van der Waals surface area contributed by atoms with E-state index < -0.39 is 23.1 Å². The van der Waals surface area contributed by atoms with Crippen LogP contribution in [0.25, 0.3) is 10.2 Å². The fraction of sp³-hybridized carbons (Fsp3) is 0.222. The largest absolute Gasteiger partial charge is 0.383 e. The molecule has 0 saturated heterocycles. The number of ether oxygens (including phenoxy) is 1. The van der Waals surface area contributed by atoms with E-state index in [9.17, 15) is 13.6 Å². The summed E-state index contributed by atoms with van der Waals surface area (Å²) in [7, 11) is 1.56. The number of methoxy groups -OCH3 is 1. The summed E-state index contributed by atoms with van der Waals surface area (Å²) < 4.78 is 35.5. The van der Waals surface area contributed by atoms with Crippen LogP contribution in [0, 0.1) is 18.6 Å². The van der Waals surface area contributed by atoms with Crippen LogP contribution in [0.4, 0.5) is 8.78 Å². The molecule has 0 spiro atoms. The van der Waals surface area contributed by atoms with Crippen molar-refractivity contribution in [2.45, 2.75) is 13.5 Å². The van der Waals surface area contributed by atoms with Gasteiger partial charge < -0.3 is 9.30 Å². The number of carbonyl (C=O) groups excluding carboxylic acids is 1. The number of halogens is 3. The van der Waals surface area contributed by atoms with Gasteiger partial charge in [-0.2, -0.15) is 4.99 Å². The Labute approximate surface area is 157 Å². The van der Waals surface area contributed by atoms with Gasteiger partial charge in [-0.25, -0.2) is 8.78 Å². The fourth-order valence-electron chi connectivity index (χ4n) is 2.64. The third-order valence-corrected chi connectivity index (χ3v) is 5.38. The molecule has 0 unspecified atom stereocenters. The Morgan fingerprint density at radius 2 is 1.96 bits per heavy atom. The monoisotopic (exact) mass is 396 g/mol. The Balaban J connectivity index is 2.22. The Morgan fingerprint density at radius 3 is 2.62 bits per heavy atom. The maximum Gasteiger partial charge on any atom is 0.285 e. The normalized spacial score (nSPS) is 12.1. The molecule has 0 aliphatic rings. The number of hydrogen-bond acceptors (Lipinski definition) is 3. The number of fused-ring (bicyclic) bond motifs is 1. The van der Waals surface area contributed by atoms with Gasteiger partial charge in [0.05, 0.1) is 16.8 Å². The highest BCUT2D eigenvalue weighted by atomic mass is 35.5. The molecule has 0 bridgehead atoms. The molecule has 8 heteroatoms. The molecule has 0 aliphatic carbocycles. The van der Waals surface area contributed by atoms with Gasteiger partial charge in [0, 0.05) is 18.7 Å². The summed E-state index contributed by atoms with van der Waals surface area (Å²) in [5.74, 6) is -2.85. The molecule has 0 fully saturated rings. The van der Waals surface area contributed by atoms with Crippen LogP contribution in [-0.2, 0) is 11.3 Å². The lowest BCUT2D eigenvalue weighted by Gasteiger charge is -2.07. The van der Waals surface area contributed by atoms with E-state index in [1.807, 2.05) is 13.0 Å². The van der Waals surface area contributed by atoms with Crippen LogP contribution in [-0.4, -0.2) is 24.2 Å². The van der Waals surface area contributed by atoms with Gasteiger partial charge in [0.15, 0.2) is 4.80 Å². The molecular weight excluding hydrogens is 382 g/mol. The van der Waals surface area contributed by atoms with Crippen molar-refractivity contribution in [2.75, 3.05) is 13.7 Å². The molecule has 136 valence electrons. The molecule has 3 aromatic rings. The fourth-order valence-corrected chi connectivity index (χ4v) is 3.90. The summed E-state index contributed by atoms with van der Waals surface area (Å²) in [6.45, 7) is 2.67. The zero-order valence-electron chi connectivity index (χ0n) is 14.1. The summed E-state index contributed by atoms with van der Waals surface area (Å²) in [5.41, 5.74) is 0.987. The number of amides is 1. The minimum absolute atomic E-state index is 0.329. The summed E-state index contributed by atoms with van der Waals surface area (Å²) >= 11 is 7.46.